The summed E-state index contributed by atoms with van der Waals surface area (Å²) >= 11 is 0. The Balaban J connectivity index is 1.37. The number of hydrogen-bond donors (Lipinski definition) is 12. The average Bonchev–Trinajstić information content (AvgIpc) is 0.783. The average molecular weight is 1410 g/mol. The van der Waals surface area contributed by atoms with Gasteiger partial charge in [0.1, 0.15) is 73.2 Å². The van der Waals surface area contributed by atoms with E-state index in [9.17, 15) is 61.0 Å². The minimum Gasteiger partial charge on any atom is -0.394 e. The zero-order valence-corrected chi connectivity index (χ0v) is 61.4. The van der Waals surface area contributed by atoms with Crippen molar-refractivity contribution in [2.24, 2.45) is 0 Å². The molecule has 17 atom stereocenters. The first-order chi connectivity index (χ1) is 48.8. The fraction of sp³-hybridized carbons (Fsp3) is 0.765. The van der Waals surface area contributed by atoms with Gasteiger partial charge in [0, 0.05) is 6.42 Å². The van der Waals surface area contributed by atoms with Crippen LogP contribution in [0.4, 0.5) is 0 Å². The van der Waals surface area contributed by atoms with Crippen LogP contribution in [0.15, 0.2) is 109 Å². The van der Waals surface area contributed by atoms with Gasteiger partial charge in [-0.25, -0.2) is 0 Å². The van der Waals surface area contributed by atoms with E-state index >= 15 is 0 Å². The third-order valence-electron chi connectivity index (χ3n) is 18.8. The summed E-state index contributed by atoms with van der Waals surface area (Å²) in [5.41, 5.74) is 0. The van der Waals surface area contributed by atoms with Crippen molar-refractivity contribution in [2.75, 3.05) is 26.4 Å². The van der Waals surface area contributed by atoms with Gasteiger partial charge in [0.25, 0.3) is 0 Å². The van der Waals surface area contributed by atoms with Crippen LogP contribution in [-0.2, 0) is 33.2 Å². The second-order valence-electron chi connectivity index (χ2n) is 27.4. The lowest BCUT2D eigenvalue weighted by Crippen LogP contribution is -2.66. The summed E-state index contributed by atoms with van der Waals surface area (Å²) in [7, 11) is 0. The lowest BCUT2D eigenvalue weighted by atomic mass is 9.96. The summed E-state index contributed by atoms with van der Waals surface area (Å²) in [6.07, 6.45) is 56.4. The van der Waals surface area contributed by atoms with Gasteiger partial charge >= 0.3 is 0 Å². The van der Waals surface area contributed by atoms with E-state index in [1.54, 1.807) is 6.08 Å². The van der Waals surface area contributed by atoms with Crippen molar-refractivity contribution in [1.82, 2.24) is 5.32 Å². The van der Waals surface area contributed by atoms with Crippen molar-refractivity contribution in [1.29, 1.82) is 0 Å². The van der Waals surface area contributed by atoms with Crippen molar-refractivity contribution in [3.63, 3.8) is 0 Å². The van der Waals surface area contributed by atoms with E-state index in [1.807, 2.05) is 6.08 Å². The number of hydrogen-bond acceptors (Lipinski definition) is 18. The Morgan fingerprint density at radius 3 is 1.12 bits per heavy atom. The number of unbranched alkanes of at least 4 members (excludes halogenated alkanes) is 28. The van der Waals surface area contributed by atoms with Gasteiger partial charge in [0.15, 0.2) is 18.9 Å². The largest absolute Gasteiger partial charge is 0.394 e. The van der Waals surface area contributed by atoms with Gasteiger partial charge < -0.3 is 89.9 Å². The number of nitrogens with one attached hydrogen (secondary N) is 1. The first-order valence-electron chi connectivity index (χ1n) is 39.1. The predicted molar refractivity (Wildman–Crippen MR) is 397 cm³/mol. The minimum atomic E-state index is -1.99. The van der Waals surface area contributed by atoms with E-state index in [-0.39, 0.29) is 18.9 Å². The van der Waals surface area contributed by atoms with Crippen LogP contribution in [0.1, 0.15) is 264 Å². The number of carbonyl (C=O) groups is 1. The molecule has 0 aromatic rings. The number of aliphatic hydroxyl groups is 11. The predicted octanol–water partition coefficient (Wildman–Crippen LogP) is 12.6. The highest BCUT2D eigenvalue weighted by atomic mass is 16.8. The molecular formula is C81H139NO18. The number of allylic oxidation sites excluding steroid dienone is 17. The number of carbonyl (C=O) groups excluding carboxylic acids is 1. The molecule has 0 saturated carbocycles. The topological polar surface area (TPSA) is 307 Å². The van der Waals surface area contributed by atoms with Crippen LogP contribution in [-0.4, -0.2) is 193 Å². The van der Waals surface area contributed by atoms with Crippen LogP contribution in [0.2, 0.25) is 0 Å². The quantitative estimate of drug-likeness (QED) is 0.0199. The Morgan fingerprint density at radius 2 is 0.700 bits per heavy atom. The molecule has 3 saturated heterocycles. The maximum Gasteiger partial charge on any atom is 0.220 e. The van der Waals surface area contributed by atoms with Gasteiger partial charge in [-0.1, -0.05) is 271 Å². The number of amides is 1. The zero-order chi connectivity index (χ0) is 72.5. The van der Waals surface area contributed by atoms with Crippen LogP contribution < -0.4 is 5.32 Å². The van der Waals surface area contributed by atoms with Crippen molar-refractivity contribution in [3.8, 4) is 0 Å². The maximum absolute atomic E-state index is 13.5. The molecular weight excluding hydrogens is 1270 g/mol. The Kier molecular flexibility index (Phi) is 55.0. The van der Waals surface area contributed by atoms with E-state index in [1.165, 1.54) is 148 Å². The Hall–Kier alpha value is -3.55. The van der Waals surface area contributed by atoms with E-state index in [0.29, 0.717) is 12.8 Å². The Labute approximate surface area is 602 Å². The third-order valence-corrected chi connectivity index (χ3v) is 18.8. The summed E-state index contributed by atoms with van der Waals surface area (Å²) in [4.78, 5) is 13.5. The normalized spacial score (nSPS) is 27.1. The molecule has 0 aliphatic carbocycles. The standard InChI is InChI=1S/C81H139NO18/c1-3-5-7-9-11-13-15-17-19-21-23-25-26-27-28-29-30-31-32-33-34-35-36-37-38-39-41-43-45-47-49-51-53-55-57-59-69(87)82-64(65(86)58-56-54-52-50-48-46-44-42-40-24-22-20-18-16-14-12-10-8-6-4-2)63-95-79-75(93)72(90)77(67(61-84)97-79)100-81-76(94)73(91)78(68(62-85)98-81)99-80-74(92)71(89)70(88)66(60-83)96-80/h5,7,11,13,17,19,23,25,27-28,30-31,40,42,48,50,56,58,64-68,70-81,83-86,88-94H,3-4,6,8-10,12,14-16,18,20-22,24,26,29,32-39,41,43-47,49,51-55,57,59-63H2,1-2H3,(H,82,87)/b7-5-,13-11-,19-17-,25-23-,28-27-,31-30-,42-40+,50-48+,58-56+. The molecule has 0 bridgehead atoms. The maximum atomic E-state index is 13.5. The van der Waals surface area contributed by atoms with Crippen LogP contribution in [0.5, 0.6) is 0 Å². The molecule has 3 fully saturated rings. The second kappa shape index (κ2) is 60.7. The molecule has 100 heavy (non-hydrogen) atoms. The van der Waals surface area contributed by atoms with Crippen LogP contribution in [0, 0.1) is 0 Å². The molecule has 3 heterocycles. The Bertz CT molecular complexity index is 2230. The highest BCUT2D eigenvalue weighted by Crippen LogP contribution is 2.33. The zero-order valence-electron chi connectivity index (χ0n) is 61.4. The van der Waals surface area contributed by atoms with Crippen molar-refractivity contribution in [3.05, 3.63) is 109 Å². The monoisotopic (exact) mass is 1410 g/mol. The smallest absolute Gasteiger partial charge is 0.220 e. The lowest BCUT2D eigenvalue weighted by Gasteiger charge is -2.48. The van der Waals surface area contributed by atoms with Gasteiger partial charge in [-0.15, -0.1) is 0 Å². The van der Waals surface area contributed by atoms with Crippen LogP contribution in [0.3, 0.4) is 0 Å². The van der Waals surface area contributed by atoms with E-state index in [4.69, 9.17) is 28.4 Å². The van der Waals surface area contributed by atoms with Gasteiger partial charge in [0.05, 0.1) is 38.6 Å². The lowest BCUT2D eigenvalue weighted by molar-refractivity contribution is -0.379. The van der Waals surface area contributed by atoms with E-state index in [2.05, 4.69) is 116 Å². The molecule has 3 aliphatic rings. The first-order valence-corrected chi connectivity index (χ1v) is 39.1. The molecule has 1 amide bonds. The van der Waals surface area contributed by atoms with E-state index < -0.39 is 124 Å². The molecule has 0 radical (unpaired) electrons. The van der Waals surface area contributed by atoms with Gasteiger partial charge in [-0.05, 0) is 96.3 Å². The molecule has 17 unspecified atom stereocenters. The third kappa shape index (κ3) is 40.6. The first kappa shape index (κ1) is 90.7. The molecule has 3 aliphatic heterocycles. The highest BCUT2D eigenvalue weighted by Gasteiger charge is 2.53. The number of aliphatic hydroxyl groups excluding tert-OH is 11. The molecule has 12 N–H and O–H groups in total. The number of ether oxygens (including phenoxy) is 6. The molecule has 0 aromatic carbocycles. The fourth-order valence-electron chi connectivity index (χ4n) is 12.5. The number of rotatable bonds is 60. The second-order valence-corrected chi connectivity index (χ2v) is 27.4. The molecule has 3 rings (SSSR count). The Morgan fingerprint density at radius 1 is 0.370 bits per heavy atom. The summed E-state index contributed by atoms with van der Waals surface area (Å²) in [6.45, 7) is 1.60. The molecule has 19 heteroatoms. The minimum absolute atomic E-state index is 0.227. The van der Waals surface area contributed by atoms with Gasteiger partial charge in [-0.3, -0.25) is 4.79 Å². The molecule has 0 aromatic heterocycles. The molecule has 19 nitrogen and oxygen atoms in total. The summed E-state index contributed by atoms with van der Waals surface area (Å²) < 4.78 is 34.4. The highest BCUT2D eigenvalue weighted by molar-refractivity contribution is 5.76. The SMILES string of the molecule is CC/C=C\C/C=C\C/C=C\C/C=C\C/C=C\C/C=C\CCCCCCCCCCCCCCCCCCC(=O)NC(COC1OC(CO)C(OC2OC(CO)C(OC3OC(CO)C(O)C(O)C3O)C(O)C2O)C(O)C1O)C(O)/C=C/CC/C=C/CC/C=C/CCCCCCCCCCCC. The van der Waals surface area contributed by atoms with Crippen LogP contribution in [0.25, 0.3) is 0 Å². The molecule has 0 spiro atoms. The summed E-state index contributed by atoms with van der Waals surface area (Å²) in [5.74, 6) is -0.291. The van der Waals surface area contributed by atoms with Gasteiger partial charge in [-0.2, -0.15) is 0 Å². The molecule has 576 valence electrons. The van der Waals surface area contributed by atoms with Crippen molar-refractivity contribution in [2.45, 2.75) is 369 Å². The van der Waals surface area contributed by atoms with E-state index in [0.717, 1.165) is 83.5 Å². The summed E-state index contributed by atoms with van der Waals surface area (Å²) in [5, 5.41) is 121. The summed E-state index contributed by atoms with van der Waals surface area (Å²) in [6, 6.07) is -1.00. The van der Waals surface area contributed by atoms with Crippen molar-refractivity contribution < 1.29 is 89.4 Å². The van der Waals surface area contributed by atoms with Gasteiger partial charge in [0.2, 0.25) is 5.91 Å². The van der Waals surface area contributed by atoms with Crippen LogP contribution >= 0.6 is 0 Å². The van der Waals surface area contributed by atoms with Crippen molar-refractivity contribution >= 4 is 5.91 Å². The fourth-order valence-corrected chi connectivity index (χ4v) is 12.5.